The van der Waals surface area contributed by atoms with Gasteiger partial charge in [0.05, 0.1) is 6.61 Å². The van der Waals surface area contributed by atoms with Gasteiger partial charge in [0.1, 0.15) is 5.75 Å². The van der Waals surface area contributed by atoms with Gasteiger partial charge in [0.25, 0.3) is 0 Å². The highest BCUT2D eigenvalue weighted by Gasteiger charge is 1.94. The molecule has 0 aliphatic heterocycles. The predicted molar refractivity (Wildman–Crippen MR) is 57.4 cm³/mol. The van der Waals surface area contributed by atoms with Crippen molar-refractivity contribution in [3.8, 4) is 5.75 Å². The van der Waals surface area contributed by atoms with Crippen LogP contribution in [0.3, 0.4) is 0 Å². The second-order valence-electron chi connectivity index (χ2n) is 2.67. The van der Waals surface area contributed by atoms with Crippen molar-refractivity contribution in [1.82, 2.24) is 0 Å². The van der Waals surface area contributed by atoms with Crippen molar-refractivity contribution in [3.63, 3.8) is 0 Å². The molecule has 0 atom stereocenters. The van der Waals surface area contributed by atoms with Gasteiger partial charge in [-0.2, -0.15) is 0 Å². The first-order valence-corrected chi connectivity index (χ1v) is 5.56. The Morgan fingerprint density at radius 2 is 2.31 bits per heavy atom. The lowest BCUT2D eigenvalue weighted by atomic mass is 10.3. The third kappa shape index (κ3) is 3.70. The van der Waals surface area contributed by atoms with E-state index in [4.69, 9.17) is 10.5 Å². The molecule has 0 unspecified atom stereocenters. The van der Waals surface area contributed by atoms with Crippen LogP contribution in [0, 0.1) is 0 Å². The molecule has 2 N–H and O–H groups in total. The lowest BCUT2D eigenvalue weighted by molar-refractivity contribution is 0.312. The van der Waals surface area contributed by atoms with Crippen LogP contribution in [0.1, 0.15) is 6.42 Å². The Labute approximate surface area is 83.5 Å². The van der Waals surface area contributed by atoms with Crippen molar-refractivity contribution >= 4 is 11.8 Å². The molecule has 72 valence electrons. The standard InChI is InChI=1S/C10H15NOS/c1-13-10-5-2-4-9(8-10)12-7-3-6-11/h2,4-5,8H,3,6-7,11H2,1H3. The van der Waals surface area contributed by atoms with Crippen LogP contribution in [0.15, 0.2) is 29.2 Å². The highest BCUT2D eigenvalue weighted by Crippen LogP contribution is 2.20. The summed E-state index contributed by atoms with van der Waals surface area (Å²) in [7, 11) is 0. The maximum Gasteiger partial charge on any atom is 0.120 e. The zero-order valence-corrected chi connectivity index (χ0v) is 8.64. The number of ether oxygens (including phenoxy) is 1. The van der Waals surface area contributed by atoms with E-state index >= 15 is 0 Å². The molecule has 0 aliphatic rings. The third-order valence-corrected chi connectivity index (χ3v) is 2.38. The molecule has 0 radical (unpaired) electrons. The summed E-state index contributed by atoms with van der Waals surface area (Å²) < 4.78 is 5.50. The Balaban J connectivity index is 2.46. The van der Waals surface area contributed by atoms with E-state index in [0.717, 1.165) is 12.2 Å². The molecule has 0 aliphatic carbocycles. The summed E-state index contributed by atoms with van der Waals surface area (Å²) in [6, 6.07) is 8.08. The zero-order valence-electron chi connectivity index (χ0n) is 7.82. The summed E-state index contributed by atoms with van der Waals surface area (Å²) in [5, 5.41) is 0. The number of nitrogens with two attached hydrogens (primary N) is 1. The molecule has 1 aromatic carbocycles. The smallest absolute Gasteiger partial charge is 0.120 e. The van der Waals surface area contributed by atoms with Crippen LogP contribution < -0.4 is 10.5 Å². The van der Waals surface area contributed by atoms with Gasteiger partial charge in [0, 0.05) is 4.90 Å². The monoisotopic (exact) mass is 197 g/mol. The summed E-state index contributed by atoms with van der Waals surface area (Å²) in [6.45, 7) is 1.39. The molecule has 0 heterocycles. The topological polar surface area (TPSA) is 35.2 Å². The Kier molecular flexibility index (Phi) is 4.72. The minimum atomic E-state index is 0.683. The van der Waals surface area contributed by atoms with E-state index in [2.05, 4.69) is 12.3 Å². The van der Waals surface area contributed by atoms with Gasteiger partial charge < -0.3 is 10.5 Å². The Hall–Kier alpha value is -0.670. The summed E-state index contributed by atoms with van der Waals surface area (Å²) in [5.41, 5.74) is 5.36. The lowest BCUT2D eigenvalue weighted by Crippen LogP contribution is -2.05. The number of hydrogen-bond donors (Lipinski definition) is 1. The second kappa shape index (κ2) is 5.89. The van der Waals surface area contributed by atoms with Crippen molar-refractivity contribution < 1.29 is 4.74 Å². The first-order chi connectivity index (χ1) is 6.36. The molecular formula is C10H15NOS. The molecule has 2 nitrogen and oxygen atoms in total. The molecule has 3 heteroatoms. The first-order valence-electron chi connectivity index (χ1n) is 4.33. The zero-order chi connectivity index (χ0) is 9.52. The largest absolute Gasteiger partial charge is 0.494 e. The van der Waals surface area contributed by atoms with Crippen molar-refractivity contribution in [3.05, 3.63) is 24.3 Å². The number of hydrogen-bond acceptors (Lipinski definition) is 3. The molecule has 13 heavy (non-hydrogen) atoms. The Morgan fingerprint density at radius 1 is 1.46 bits per heavy atom. The lowest BCUT2D eigenvalue weighted by Gasteiger charge is -2.05. The highest BCUT2D eigenvalue weighted by molar-refractivity contribution is 7.98. The second-order valence-corrected chi connectivity index (χ2v) is 3.55. The molecular weight excluding hydrogens is 182 g/mol. The average molecular weight is 197 g/mol. The van der Waals surface area contributed by atoms with Gasteiger partial charge in [-0.15, -0.1) is 11.8 Å². The molecule has 0 spiro atoms. The van der Waals surface area contributed by atoms with Crippen LogP contribution in [0.2, 0.25) is 0 Å². The first kappa shape index (κ1) is 10.4. The number of rotatable bonds is 5. The van der Waals surface area contributed by atoms with Gasteiger partial charge in [0.15, 0.2) is 0 Å². The fourth-order valence-corrected chi connectivity index (χ4v) is 1.41. The molecule has 0 fully saturated rings. The Bertz CT molecular complexity index is 252. The average Bonchev–Trinajstić information content (AvgIpc) is 2.19. The van der Waals surface area contributed by atoms with E-state index in [9.17, 15) is 0 Å². The predicted octanol–water partition coefficient (Wildman–Crippen LogP) is 2.14. The van der Waals surface area contributed by atoms with E-state index < -0.39 is 0 Å². The van der Waals surface area contributed by atoms with Gasteiger partial charge in [-0.1, -0.05) is 6.07 Å². The van der Waals surface area contributed by atoms with Gasteiger partial charge in [0.2, 0.25) is 0 Å². The Morgan fingerprint density at radius 3 is 3.00 bits per heavy atom. The quantitative estimate of drug-likeness (QED) is 0.580. The minimum Gasteiger partial charge on any atom is -0.494 e. The van der Waals surface area contributed by atoms with E-state index in [-0.39, 0.29) is 0 Å². The van der Waals surface area contributed by atoms with Gasteiger partial charge in [-0.3, -0.25) is 0 Å². The van der Waals surface area contributed by atoms with Crippen LogP contribution in [0.5, 0.6) is 5.75 Å². The molecule has 0 saturated carbocycles. The SMILES string of the molecule is CSc1cccc(OCCCN)c1. The summed E-state index contributed by atoms with van der Waals surface area (Å²) in [5.74, 6) is 0.931. The van der Waals surface area contributed by atoms with Crippen LogP contribution in [-0.4, -0.2) is 19.4 Å². The van der Waals surface area contributed by atoms with E-state index in [0.29, 0.717) is 13.2 Å². The highest BCUT2D eigenvalue weighted by atomic mass is 32.2. The minimum absolute atomic E-state index is 0.683. The third-order valence-electron chi connectivity index (χ3n) is 1.66. The van der Waals surface area contributed by atoms with Crippen molar-refractivity contribution in [1.29, 1.82) is 0 Å². The maximum atomic E-state index is 5.50. The van der Waals surface area contributed by atoms with E-state index in [1.165, 1.54) is 4.90 Å². The van der Waals surface area contributed by atoms with Crippen LogP contribution >= 0.6 is 11.8 Å². The van der Waals surface area contributed by atoms with E-state index in [1.807, 2.05) is 18.2 Å². The molecule has 1 rings (SSSR count). The fraction of sp³-hybridized carbons (Fsp3) is 0.400. The van der Waals surface area contributed by atoms with Gasteiger partial charge in [-0.05, 0) is 37.4 Å². The maximum absolute atomic E-state index is 5.50. The van der Waals surface area contributed by atoms with Crippen LogP contribution in [0.4, 0.5) is 0 Å². The van der Waals surface area contributed by atoms with Crippen molar-refractivity contribution in [2.45, 2.75) is 11.3 Å². The van der Waals surface area contributed by atoms with E-state index in [1.54, 1.807) is 11.8 Å². The summed E-state index contributed by atoms with van der Waals surface area (Å²) >= 11 is 1.72. The molecule has 1 aromatic rings. The normalized spacial score (nSPS) is 10.0. The number of benzene rings is 1. The van der Waals surface area contributed by atoms with Gasteiger partial charge >= 0.3 is 0 Å². The summed E-state index contributed by atoms with van der Waals surface area (Å²) in [6.07, 6.45) is 2.96. The molecule has 0 aromatic heterocycles. The molecule has 0 bridgehead atoms. The van der Waals surface area contributed by atoms with Crippen LogP contribution in [0.25, 0.3) is 0 Å². The summed E-state index contributed by atoms with van der Waals surface area (Å²) in [4.78, 5) is 1.23. The molecule has 0 saturated heterocycles. The van der Waals surface area contributed by atoms with Crippen LogP contribution in [-0.2, 0) is 0 Å². The fourth-order valence-electron chi connectivity index (χ4n) is 0.964. The van der Waals surface area contributed by atoms with Crippen molar-refractivity contribution in [2.24, 2.45) is 5.73 Å². The van der Waals surface area contributed by atoms with Gasteiger partial charge in [-0.25, -0.2) is 0 Å². The number of thioether (sulfide) groups is 1. The van der Waals surface area contributed by atoms with Crippen molar-refractivity contribution in [2.75, 3.05) is 19.4 Å². The molecule has 0 amide bonds.